The minimum absolute atomic E-state index is 0.141. The van der Waals surface area contributed by atoms with Crippen LogP contribution in [0.25, 0.3) is 0 Å². The number of fused-ring (bicyclic) bond motifs is 5. The molecule has 5 rings (SSSR count). The number of carbonyl (C=O) groups is 1. The van der Waals surface area contributed by atoms with Crippen molar-refractivity contribution in [2.24, 2.45) is 46.3 Å². The quantitative estimate of drug-likeness (QED) is 0.0506. The Hall–Kier alpha value is -1.25. The molecule has 5 aliphatic rings. The Bertz CT molecular complexity index is 1280. The van der Waals surface area contributed by atoms with Crippen LogP contribution in [0, 0.1) is 46.3 Å². The van der Waals surface area contributed by atoms with Crippen molar-refractivity contribution in [1.82, 2.24) is 0 Å². The van der Waals surface area contributed by atoms with E-state index in [0.717, 1.165) is 87.4 Å². The minimum atomic E-state index is -1.45. The first-order valence-electron chi connectivity index (χ1n) is 24.7. The van der Waals surface area contributed by atoms with Crippen LogP contribution in [0.3, 0.4) is 0 Å². The molecule has 4 aliphatic carbocycles. The van der Waals surface area contributed by atoms with Crippen LogP contribution in [0.15, 0.2) is 23.8 Å². The lowest BCUT2D eigenvalue weighted by Crippen LogP contribution is -2.60. The van der Waals surface area contributed by atoms with Crippen molar-refractivity contribution in [3.05, 3.63) is 23.8 Å². The fourth-order valence-electron chi connectivity index (χ4n) is 12.7. The number of esters is 1. The molecule has 0 aromatic carbocycles. The topological polar surface area (TPSA) is 105 Å². The largest absolute Gasteiger partial charge is 0.463 e. The lowest BCUT2D eigenvalue weighted by Gasteiger charge is -2.58. The van der Waals surface area contributed by atoms with Gasteiger partial charge in [-0.15, -0.1) is 0 Å². The van der Waals surface area contributed by atoms with Gasteiger partial charge in [-0.2, -0.15) is 0 Å². The summed E-state index contributed by atoms with van der Waals surface area (Å²) in [6.07, 6.45) is 30.2. The Morgan fingerprint density at radius 1 is 0.810 bits per heavy atom. The SMILES string of the molecule is CCCCCCCCCC/C=C/CCCCCC(=O)OC[C@H]1O[C@@H](O[C@H]2CC[C@@]3(C)C(=CC[C@H]4[C@@H]5CC[C@H]([C@H](C)CCCC(C)C)[C@@]5(C)CC[C@@H]43)C2)[C@H](O)[C@@H](O)[C@H]1O. The van der Waals surface area contributed by atoms with E-state index in [1.165, 1.54) is 102 Å². The molecule has 7 nitrogen and oxygen atoms in total. The number of unbranched alkanes of at least 4 members (excludes halogenated alkanes) is 11. The number of hydrogen-bond acceptors (Lipinski definition) is 7. The molecular formula is C51H88O7. The van der Waals surface area contributed by atoms with Crippen LogP contribution in [0.5, 0.6) is 0 Å². The molecule has 0 aromatic rings. The minimum Gasteiger partial charge on any atom is -0.463 e. The predicted molar refractivity (Wildman–Crippen MR) is 235 cm³/mol. The molecule has 3 saturated carbocycles. The summed E-state index contributed by atoms with van der Waals surface area (Å²) in [5.41, 5.74) is 2.14. The number of hydrogen-bond donors (Lipinski definition) is 3. The van der Waals surface area contributed by atoms with E-state index in [-0.39, 0.29) is 24.1 Å². The number of aliphatic hydroxyl groups excluding tert-OH is 3. The van der Waals surface area contributed by atoms with E-state index in [0.29, 0.717) is 17.8 Å². The van der Waals surface area contributed by atoms with E-state index in [2.05, 4.69) is 59.8 Å². The van der Waals surface area contributed by atoms with E-state index in [1.807, 2.05) is 0 Å². The van der Waals surface area contributed by atoms with Gasteiger partial charge in [0.05, 0.1) is 6.10 Å². The highest BCUT2D eigenvalue weighted by Crippen LogP contribution is 2.67. The number of ether oxygens (including phenoxy) is 3. The highest BCUT2D eigenvalue weighted by molar-refractivity contribution is 5.69. The second kappa shape index (κ2) is 23.3. The molecule has 0 unspecified atom stereocenters. The van der Waals surface area contributed by atoms with Crippen LogP contribution in [0.2, 0.25) is 0 Å². The summed E-state index contributed by atoms with van der Waals surface area (Å²) in [6.45, 7) is 14.5. The van der Waals surface area contributed by atoms with E-state index in [9.17, 15) is 20.1 Å². The molecular weight excluding hydrogens is 725 g/mol. The van der Waals surface area contributed by atoms with Crippen molar-refractivity contribution >= 4 is 5.97 Å². The molecule has 3 N–H and O–H groups in total. The zero-order valence-corrected chi connectivity index (χ0v) is 38.0. The van der Waals surface area contributed by atoms with Gasteiger partial charge < -0.3 is 29.5 Å². The summed E-state index contributed by atoms with van der Waals surface area (Å²) in [5, 5.41) is 32.5. The molecule has 0 radical (unpaired) electrons. The molecule has 13 atom stereocenters. The van der Waals surface area contributed by atoms with Crippen molar-refractivity contribution < 1.29 is 34.3 Å². The van der Waals surface area contributed by atoms with Crippen molar-refractivity contribution in [3.63, 3.8) is 0 Å². The third-order valence-corrected chi connectivity index (χ3v) is 16.3. The van der Waals surface area contributed by atoms with E-state index in [4.69, 9.17) is 14.2 Å². The Kier molecular flexibility index (Phi) is 19.2. The molecule has 7 heteroatoms. The first-order valence-corrected chi connectivity index (χ1v) is 24.7. The molecule has 1 saturated heterocycles. The second-order valence-corrected chi connectivity index (χ2v) is 20.8. The van der Waals surface area contributed by atoms with Crippen LogP contribution < -0.4 is 0 Å². The number of carbonyl (C=O) groups excluding carboxylic acids is 1. The summed E-state index contributed by atoms with van der Waals surface area (Å²) < 4.78 is 18.0. The van der Waals surface area contributed by atoms with Crippen LogP contribution in [-0.4, -0.2) is 64.7 Å². The number of allylic oxidation sites excluding steroid dienone is 3. The molecule has 0 spiro atoms. The maximum absolute atomic E-state index is 12.6. The first-order chi connectivity index (χ1) is 27.9. The van der Waals surface area contributed by atoms with Gasteiger partial charge in [-0.3, -0.25) is 4.79 Å². The maximum atomic E-state index is 12.6. The molecule has 1 aliphatic heterocycles. The Morgan fingerprint density at radius 3 is 2.21 bits per heavy atom. The van der Waals surface area contributed by atoms with Crippen molar-refractivity contribution in [2.75, 3.05) is 6.61 Å². The third kappa shape index (κ3) is 12.4. The van der Waals surface area contributed by atoms with E-state index >= 15 is 0 Å². The first kappa shape index (κ1) is 47.8. The molecule has 0 amide bonds. The lowest BCUT2D eigenvalue weighted by atomic mass is 9.47. The van der Waals surface area contributed by atoms with E-state index < -0.39 is 30.7 Å². The fourth-order valence-corrected chi connectivity index (χ4v) is 12.7. The van der Waals surface area contributed by atoms with Gasteiger partial charge in [0.2, 0.25) is 0 Å². The Labute approximate surface area is 354 Å². The summed E-state index contributed by atoms with van der Waals surface area (Å²) in [4.78, 5) is 12.6. The lowest BCUT2D eigenvalue weighted by molar-refractivity contribution is -0.313. The van der Waals surface area contributed by atoms with Gasteiger partial charge in [0, 0.05) is 6.42 Å². The molecule has 58 heavy (non-hydrogen) atoms. The van der Waals surface area contributed by atoms with E-state index in [1.54, 1.807) is 0 Å². The monoisotopic (exact) mass is 813 g/mol. The van der Waals surface area contributed by atoms with Crippen molar-refractivity contribution in [1.29, 1.82) is 0 Å². The van der Waals surface area contributed by atoms with Gasteiger partial charge in [-0.1, -0.05) is 136 Å². The van der Waals surface area contributed by atoms with Crippen LogP contribution in [0.1, 0.15) is 202 Å². The standard InChI is InChI=1S/C51H88O7/c1-7-8-9-10-11-12-13-14-15-16-17-18-19-20-21-25-45(52)56-35-44-46(53)47(54)48(55)49(58-44)57-39-30-32-50(5)38(34-39)26-27-40-42-29-28-41(37(4)24-22-23-36(2)3)51(42,6)33-31-43(40)50/h16-17,26,36-37,39-44,46-49,53-55H,7-15,18-25,27-35H2,1-6H3/b17-16+/t37-,39+,40+,41-,42+,43+,44-,46+,47+,48-,49-,50+,51-/m1/s1. The van der Waals surface area contributed by atoms with Crippen molar-refractivity contribution in [2.45, 2.75) is 239 Å². The third-order valence-electron chi connectivity index (χ3n) is 16.3. The summed E-state index contributed by atoms with van der Waals surface area (Å²) in [6, 6.07) is 0. The van der Waals surface area contributed by atoms with Gasteiger partial charge in [0.25, 0.3) is 0 Å². The van der Waals surface area contributed by atoms with Gasteiger partial charge in [0.1, 0.15) is 31.0 Å². The molecule has 0 aromatic heterocycles. The van der Waals surface area contributed by atoms with Crippen LogP contribution >= 0.6 is 0 Å². The highest BCUT2D eigenvalue weighted by Gasteiger charge is 2.59. The molecule has 1 heterocycles. The smallest absolute Gasteiger partial charge is 0.305 e. The maximum Gasteiger partial charge on any atom is 0.305 e. The average molecular weight is 813 g/mol. The zero-order chi connectivity index (χ0) is 41.7. The van der Waals surface area contributed by atoms with Gasteiger partial charge in [-0.05, 0) is 130 Å². The molecule has 334 valence electrons. The summed E-state index contributed by atoms with van der Waals surface area (Å²) in [5.74, 6) is 4.42. The summed E-state index contributed by atoms with van der Waals surface area (Å²) in [7, 11) is 0. The second-order valence-electron chi connectivity index (χ2n) is 20.8. The molecule has 0 bridgehead atoms. The Morgan fingerprint density at radius 2 is 1.50 bits per heavy atom. The fraction of sp³-hybridized carbons (Fsp3) is 0.902. The van der Waals surface area contributed by atoms with Gasteiger partial charge >= 0.3 is 5.97 Å². The molecule has 4 fully saturated rings. The number of rotatable bonds is 24. The predicted octanol–water partition coefficient (Wildman–Crippen LogP) is 11.8. The summed E-state index contributed by atoms with van der Waals surface area (Å²) >= 11 is 0. The van der Waals surface area contributed by atoms with Crippen LogP contribution in [0.4, 0.5) is 0 Å². The Balaban J connectivity index is 1.01. The highest BCUT2D eigenvalue weighted by atomic mass is 16.7. The van der Waals surface area contributed by atoms with Crippen molar-refractivity contribution in [3.8, 4) is 0 Å². The normalized spacial score (nSPS) is 36.7. The number of aliphatic hydroxyl groups is 3. The zero-order valence-electron chi connectivity index (χ0n) is 38.0. The van der Waals surface area contributed by atoms with Crippen LogP contribution in [-0.2, 0) is 19.0 Å². The average Bonchev–Trinajstić information content (AvgIpc) is 3.56. The van der Waals surface area contributed by atoms with Gasteiger partial charge in [-0.25, -0.2) is 0 Å². The van der Waals surface area contributed by atoms with Gasteiger partial charge in [0.15, 0.2) is 6.29 Å².